The van der Waals surface area contributed by atoms with Crippen LogP contribution < -0.4 is 0 Å². The molecule has 0 aromatic heterocycles. The van der Waals surface area contributed by atoms with Gasteiger partial charge in [0.25, 0.3) is 0 Å². The summed E-state index contributed by atoms with van der Waals surface area (Å²) in [6, 6.07) is 6.38. The molecule has 0 atom stereocenters. The molecule has 0 bridgehead atoms. The number of hydrogen-bond donors (Lipinski definition) is 0. The third-order valence-corrected chi connectivity index (χ3v) is 2.33. The van der Waals surface area contributed by atoms with E-state index in [1.807, 2.05) is 0 Å². The van der Waals surface area contributed by atoms with Crippen LogP contribution in [0.3, 0.4) is 0 Å². The van der Waals surface area contributed by atoms with Gasteiger partial charge in [-0.05, 0) is 42.2 Å². The van der Waals surface area contributed by atoms with E-state index >= 15 is 0 Å². The van der Waals surface area contributed by atoms with E-state index in [-0.39, 0.29) is 0 Å². The topological polar surface area (TPSA) is 0 Å². The third-order valence-electron chi connectivity index (χ3n) is 1.88. The molecule has 64 valence electrons. The van der Waals surface area contributed by atoms with Gasteiger partial charge in [-0.25, -0.2) is 0 Å². The number of halogens is 1. The maximum atomic E-state index is 4.00. The van der Waals surface area contributed by atoms with Crippen molar-refractivity contribution in [3.8, 4) is 0 Å². The Morgan fingerprint density at radius 3 is 2.58 bits per heavy atom. The molecule has 0 heterocycles. The lowest BCUT2D eigenvalue weighted by Gasteiger charge is -2.04. The summed E-state index contributed by atoms with van der Waals surface area (Å²) in [6.07, 6.45) is 1.01. The third kappa shape index (κ3) is 2.21. The van der Waals surface area contributed by atoms with Crippen LogP contribution in [0.1, 0.15) is 24.5 Å². The van der Waals surface area contributed by atoms with Crippen molar-refractivity contribution in [3.63, 3.8) is 0 Å². The van der Waals surface area contributed by atoms with Crippen molar-refractivity contribution in [3.05, 3.63) is 40.4 Å². The van der Waals surface area contributed by atoms with Crippen LogP contribution >= 0.6 is 15.9 Å². The van der Waals surface area contributed by atoms with Crippen molar-refractivity contribution in [2.75, 3.05) is 0 Å². The highest BCUT2D eigenvalue weighted by Crippen LogP contribution is 2.21. The Hall–Kier alpha value is -0.560. The van der Waals surface area contributed by atoms with Crippen LogP contribution in [0.15, 0.2) is 29.3 Å². The second kappa shape index (κ2) is 3.90. The first-order valence-corrected chi connectivity index (χ1v) is 4.88. The van der Waals surface area contributed by atoms with Crippen molar-refractivity contribution >= 4 is 21.5 Å². The molecule has 0 aliphatic carbocycles. The van der Waals surface area contributed by atoms with Crippen LogP contribution in [-0.2, 0) is 0 Å². The zero-order valence-electron chi connectivity index (χ0n) is 7.52. The number of benzene rings is 1. The van der Waals surface area contributed by atoms with E-state index in [0.717, 1.165) is 10.9 Å². The summed E-state index contributed by atoms with van der Waals surface area (Å²) in [7, 11) is 0. The molecule has 0 amide bonds. The number of allylic oxidation sites excluding steroid dienone is 1. The molecule has 0 fully saturated rings. The first-order valence-electron chi connectivity index (χ1n) is 4.09. The van der Waals surface area contributed by atoms with E-state index in [0.29, 0.717) is 0 Å². The van der Waals surface area contributed by atoms with Crippen LogP contribution in [0.25, 0.3) is 5.57 Å². The summed E-state index contributed by atoms with van der Waals surface area (Å²) in [6.45, 7) is 8.22. The summed E-state index contributed by atoms with van der Waals surface area (Å²) in [5.41, 5.74) is 3.71. The highest BCUT2D eigenvalue weighted by atomic mass is 79.9. The summed E-state index contributed by atoms with van der Waals surface area (Å²) in [5, 5.41) is 0. The number of hydrogen-bond acceptors (Lipinski definition) is 0. The molecule has 0 N–H and O–H groups in total. The quantitative estimate of drug-likeness (QED) is 0.708. The Labute approximate surface area is 82.4 Å². The van der Waals surface area contributed by atoms with Gasteiger partial charge in [-0.1, -0.05) is 35.5 Å². The van der Waals surface area contributed by atoms with Crippen LogP contribution in [0.2, 0.25) is 0 Å². The van der Waals surface area contributed by atoms with Gasteiger partial charge >= 0.3 is 0 Å². The maximum Gasteiger partial charge on any atom is 0.0183 e. The Morgan fingerprint density at radius 2 is 2.08 bits per heavy atom. The summed E-state index contributed by atoms with van der Waals surface area (Å²) < 4.78 is 1.13. The molecule has 1 aromatic carbocycles. The molecule has 1 heteroatoms. The highest BCUT2D eigenvalue weighted by Gasteiger charge is 1.98. The van der Waals surface area contributed by atoms with Crippen molar-refractivity contribution in [2.24, 2.45) is 0 Å². The maximum absolute atomic E-state index is 4.00. The van der Waals surface area contributed by atoms with Gasteiger partial charge in [0.1, 0.15) is 0 Å². The number of aryl methyl sites for hydroxylation is 1. The van der Waals surface area contributed by atoms with Gasteiger partial charge in [0.05, 0.1) is 0 Å². The van der Waals surface area contributed by atoms with Crippen LogP contribution in [-0.4, -0.2) is 0 Å². The van der Waals surface area contributed by atoms with Crippen LogP contribution in [0, 0.1) is 6.92 Å². The van der Waals surface area contributed by atoms with Crippen molar-refractivity contribution in [1.82, 2.24) is 0 Å². The molecule has 0 aliphatic rings. The van der Waals surface area contributed by atoms with E-state index < -0.39 is 0 Å². The Balaban J connectivity index is 3.08. The van der Waals surface area contributed by atoms with E-state index in [1.54, 1.807) is 0 Å². The number of rotatable bonds is 2. The van der Waals surface area contributed by atoms with Crippen molar-refractivity contribution in [2.45, 2.75) is 20.3 Å². The molecular formula is C11H13Br. The standard InChI is InChI=1S/C11H13Br/c1-4-9(3)10-5-8(2)6-11(12)7-10/h5-7H,3-4H2,1-2H3. The van der Waals surface area contributed by atoms with Crippen LogP contribution in [0.5, 0.6) is 0 Å². The van der Waals surface area contributed by atoms with E-state index in [2.05, 4.69) is 54.6 Å². The minimum atomic E-state index is 1.01. The Kier molecular flexibility index (Phi) is 3.10. The van der Waals surface area contributed by atoms with Crippen molar-refractivity contribution < 1.29 is 0 Å². The van der Waals surface area contributed by atoms with E-state index in [9.17, 15) is 0 Å². The van der Waals surface area contributed by atoms with E-state index in [4.69, 9.17) is 0 Å². The molecule has 12 heavy (non-hydrogen) atoms. The zero-order chi connectivity index (χ0) is 9.14. The van der Waals surface area contributed by atoms with Gasteiger partial charge < -0.3 is 0 Å². The minimum Gasteiger partial charge on any atom is -0.0952 e. The lowest BCUT2D eigenvalue weighted by Crippen LogP contribution is -1.83. The van der Waals surface area contributed by atoms with Gasteiger partial charge in [-0.2, -0.15) is 0 Å². The molecule has 0 unspecified atom stereocenters. The predicted octanol–water partition coefficient (Wildman–Crippen LogP) is 4.18. The van der Waals surface area contributed by atoms with E-state index in [1.165, 1.54) is 16.7 Å². The molecule has 1 aromatic rings. The molecule has 0 saturated heterocycles. The molecular weight excluding hydrogens is 212 g/mol. The van der Waals surface area contributed by atoms with Gasteiger partial charge in [0.15, 0.2) is 0 Å². The van der Waals surface area contributed by atoms with Crippen LogP contribution in [0.4, 0.5) is 0 Å². The Bertz CT molecular complexity index is 280. The van der Waals surface area contributed by atoms with Gasteiger partial charge in [0.2, 0.25) is 0 Å². The van der Waals surface area contributed by atoms with Gasteiger partial charge in [-0.15, -0.1) is 0 Å². The molecule has 0 nitrogen and oxygen atoms in total. The minimum absolute atomic E-state index is 1.01. The molecule has 0 aliphatic heterocycles. The lowest BCUT2D eigenvalue weighted by atomic mass is 10.0. The monoisotopic (exact) mass is 224 g/mol. The second-order valence-electron chi connectivity index (χ2n) is 2.97. The lowest BCUT2D eigenvalue weighted by molar-refractivity contribution is 1.24. The largest absolute Gasteiger partial charge is 0.0952 e. The first-order chi connectivity index (χ1) is 5.63. The fraction of sp³-hybridized carbons (Fsp3) is 0.273. The average Bonchev–Trinajstić information content (AvgIpc) is 2.01. The molecule has 0 saturated carbocycles. The molecule has 1 rings (SSSR count). The highest BCUT2D eigenvalue weighted by molar-refractivity contribution is 9.10. The molecule has 0 radical (unpaired) electrons. The molecule has 0 spiro atoms. The van der Waals surface area contributed by atoms with Gasteiger partial charge in [-0.3, -0.25) is 0 Å². The summed E-state index contributed by atoms with van der Waals surface area (Å²) in [5.74, 6) is 0. The fourth-order valence-electron chi connectivity index (χ4n) is 1.14. The fourth-order valence-corrected chi connectivity index (χ4v) is 1.75. The zero-order valence-corrected chi connectivity index (χ0v) is 9.11. The summed E-state index contributed by atoms with van der Waals surface area (Å²) in [4.78, 5) is 0. The first kappa shape index (κ1) is 9.53. The van der Waals surface area contributed by atoms with Crippen molar-refractivity contribution in [1.29, 1.82) is 0 Å². The second-order valence-corrected chi connectivity index (χ2v) is 3.89. The Morgan fingerprint density at radius 1 is 1.42 bits per heavy atom. The smallest absolute Gasteiger partial charge is 0.0183 e. The average molecular weight is 225 g/mol. The van der Waals surface area contributed by atoms with Gasteiger partial charge in [0, 0.05) is 4.47 Å². The SMILES string of the molecule is C=C(CC)c1cc(C)cc(Br)c1. The summed E-state index contributed by atoms with van der Waals surface area (Å²) >= 11 is 3.47. The normalized spacial score (nSPS) is 9.92. The predicted molar refractivity (Wildman–Crippen MR) is 58.2 cm³/mol.